The largest absolute Gasteiger partial charge is 0.282 e. The van der Waals surface area contributed by atoms with Gasteiger partial charge in [0.1, 0.15) is 6.29 Å². The van der Waals surface area contributed by atoms with E-state index < -0.39 is 0 Å². The summed E-state index contributed by atoms with van der Waals surface area (Å²) in [6.45, 7) is 2.36. The lowest BCUT2D eigenvalue weighted by Crippen LogP contribution is -2.45. The van der Waals surface area contributed by atoms with Crippen molar-refractivity contribution >= 4 is 0 Å². The number of hydrogen-bond donors (Lipinski definition) is 0. The summed E-state index contributed by atoms with van der Waals surface area (Å²) in [6, 6.07) is 0. The van der Waals surface area contributed by atoms with Crippen LogP contribution in [0.2, 0.25) is 0 Å². The van der Waals surface area contributed by atoms with Crippen LogP contribution >= 0.6 is 0 Å². The molecule has 1 aliphatic rings. The van der Waals surface area contributed by atoms with E-state index in [1.165, 1.54) is 13.1 Å². The van der Waals surface area contributed by atoms with Crippen LogP contribution in [-0.2, 0) is 0 Å². The van der Waals surface area contributed by atoms with Crippen molar-refractivity contribution in [2.45, 2.75) is 6.29 Å². The molecule has 60 valence electrons. The van der Waals surface area contributed by atoms with Gasteiger partial charge in [-0.1, -0.05) is 0 Å². The molecular weight excluding hydrogens is 126 g/mol. The van der Waals surface area contributed by atoms with Crippen LogP contribution in [0.3, 0.4) is 0 Å². The SMILES string of the molecule is CN(C)C1N(C)CCN1C. The fourth-order valence-corrected chi connectivity index (χ4v) is 1.67. The Morgan fingerprint density at radius 2 is 1.50 bits per heavy atom. The summed E-state index contributed by atoms with van der Waals surface area (Å²) in [5.41, 5.74) is 0. The van der Waals surface area contributed by atoms with E-state index in [0.29, 0.717) is 6.29 Å². The average molecular weight is 143 g/mol. The van der Waals surface area contributed by atoms with Gasteiger partial charge in [0.15, 0.2) is 0 Å². The van der Waals surface area contributed by atoms with Crippen LogP contribution in [0.4, 0.5) is 0 Å². The Balaban J connectivity index is 2.54. The van der Waals surface area contributed by atoms with Crippen LogP contribution in [0, 0.1) is 0 Å². The first-order valence-electron chi connectivity index (χ1n) is 3.70. The average Bonchev–Trinajstić information content (AvgIpc) is 2.11. The van der Waals surface area contributed by atoms with Crippen molar-refractivity contribution < 1.29 is 0 Å². The lowest BCUT2D eigenvalue weighted by molar-refractivity contribution is 0.0479. The van der Waals surface area contributed by atoms with E-state index in [1.807, 2.05) is 0 Å². The molecule has 0 spiro atoms. The molecule has 0 amide bonds. The maximum absolute atomic E-state index is 2.35. The number of hydrogen-bond acceptors (Lipinski definition) is 3. The molecule has 0 aromatic carbocycles. The first-order chi connectivity index (χ1) is 4.63. The van der Waals surface area contributed by atoms with E-state index >= 15 is 0 Å². The molecule has 10 heavy (non-hydrogen) atoms. The van der Waals surface area contributed by atoms with Gasteiger partial charge in [-0.05, 0) is 28.2 Å². The Bertz CT molecular complexity index is 103. The van der Waals surface area contributed by atoms with Crippen molar-refractivity contribution in [2.24, 2.45) is 0 Å². The van der Waals surface area contributed by atoms with Crippen molar-refractivity contribution in [1.29, 1.82) is 0 Å². The molecule has 1 saturated heterocycles. The van der Waals surface area contributed by atoms with E-state index in [1.54, 1.807) is 0 Å². The summed E-state index contributed by atoms with van der Waals surface area (Å²) in [4.78, 5) is 6.92. The Labute approximate surface area is 63.2 Å². The molecule has 0 atom stereocenters. The maximum Gasteiger partial charge on any atom is 0.118 e. The molecule has 0 aliphatic carbocycles. The zero-order valence-electron chi connectivity index (χ0n) is 7.33. The Morgan fingerprint density at radius 3 is 1.70 bits per heavy atom. The molecule has 1 rings (SSSR count). The van der Waals surface area contributed by atoms with Crippen molar-refractivity contribution in [3.8, 4) is 0 Å². The maximum atomic E-state index is 2.35. The van der Waals surface area contributed by atoms with Gasteiger partial charge in [-0.3, -0.25) is 14.7 Å². The van der Waals surface area contributed by atoms with Gasteiger partial charge in [-0.25, -0.2) is 0 Å². The molecule has 0 aromatic rings. The van der Waals surface area contributed by atoms with Gasteiger partial charge in [0.25, 0.3) is 0 Å². The molecule has 0 aromatic heterocycles. The monoisotopic (exact) mass is 143 g/mol. The third-order valence-electron chi connectivity index (χ3n) is 2.06. The van der Waals surface area contributed by atoms with Gasteiger partial charge < -0.3 is 0 Å². The topological polar surface area (TPSA) is 9.72 Å². The third kappa shape index (κ3) is 1.31. The minimum absolute atomic E-state index is 0.500. The number of rotatable bonds is 1. The zero-order valence-corrected chi connectivity index (χ0v) is 7.33. The number of nitrogens with zero attached hydrogens (tertiary/aromatic N) is 3. The van der Waals surface area contributed by atoms with Gasteiger partial charge in [0.2, 0.25) is 0 Å². The van der Waals surface area contributed by atoms with Crippen LogP contribution in [0.25, 0.3) is 0 Å². The van der Waals surface area contributed by atoms with E-state index in [2.05, 4.69) is 42.9 Å². The second-order valence-corrected chi connectivity index (χ2v) is 3.27. The van der Waals surface area contributed by atoms with E-state index in [4.69, 9.17) is 0 Å². The second-order valence-electron chi connectivity index (χ2n) is 3.27. The van der Waals surface area contributed by atoms with E-state index in [9.17, 15) is 0 Å². The molecule has 1 aliphatic heterocycles. The highest BCUT2D eigenvalue weighted by molar-refractivity contribution is 4.74. The van der Waals surface area contributed by atoms with Gasteiger partial charge in [0.05, 0.1) is 0 Å². The quantitative estimate of drug-likeness (QED) is 0.499. The lowest BCUT2D eigenvalue weighted by Gasteiger charge is -2.30. The molecule has 1 heterocycles. The standard InChI is InChI=1S/C7H17N3/c1-8(2)7-9(3)5-6-10(7)4/h7H,5-6H2,1-4H3. The Kier molecular flexibility index (Phi) is 2.28. The van der Waals surface area contributed by atoms with Crippen LogP contribution in [-0.4, -0.2) is 62.3 Å². The molecular formula is C7H17N3. The summed E-state index contributed by atoms with van der Waals surface area (Å²) in [7, 11) is 8.55. The van der Waals surface area contributed by atoms with Crippen molar-refractivity contribution in [3.05, 3.63) is 0 Å². The summed E-state index contributed by atoms with van der Waals surface area (Å²) < 4.78 is 0. The summed E-state index contributed by atoms with van der Waals surface area (Å²) in [6.07, 6.45) is 0.500. The first-order valence-corrected chi connectivity index (χ1v) is 3.70. The van der Waals surface area contributed by atoms with Gasteiger partial charge in [-0.2, -0.15) is 0 Å². The normalized spacial score (nSPS) is 24.9. The van der Waals surface area contributed by atoms with Crippen molar-refractivity contribution in [1.82, 2.24) is 14.7 Å². The molecule has 1 fully saturated rings. The highest BCUT2D eigenvalue weighted by Gasteiger charge is 2.27. The molecule has 0 radical (unpaired) electrons. The van der Waals surface area contributed by atoms with Crippen LogP contribution in [0.15, 0.2) is 0 Å². The smallest absolute Gasteiger partial charge is 0.118 e. The Morgan fingerprint density at radius 1 is 1.10 bits per heavy atom. The minimum Gasteiger partial charge on any atom is -0.282 e. The van der Waals surface area contributed by atoms with Crippen LogP contribution < -0.4 is 0 Å². The zero-order chi connectivity index (χ0) is 7.72. The number of likely N-dealkylation sites (N-methyl/N-ethyl adjacent to an activating group) is 2. The molecule has 3 nitrogen and oxygen atoms in total. The molecule has 0 unspecified atom stereocenters. The fraction of sp³-hybridized carbons (Fsp3) is 1.00. The van der Waals surface area contributed by atoms with Crippen molar-refractivity contribution in [3.63, 3.8) is 0 Å². The minimum atomic E-state index is 0.500. The van der Waals surface area contributed by atoms with Gasteiger partial charge in [0, 0.05) is 13.1 Å². The van der Waals surface area contributed by atoms with Crippen molar-refractivity contribution in [2.75, 3.05) is 41.3 Å². The summed E-state index contributed by atoms with van der Waals surface area (Å²) >= 11 is 0. The van der Waals surface area contributed by atoms with Crippen LogP contribution in [0.5, 0.6) is 0 Å². The fourth-order valence-electron chi connectivity index (χ4n) is 1.67. The Hall–Kier alpha value is -0.120. The van der Waals surface area contributed by atoms with Crippen LogP contribution in [0.1, 0.15) is 0 Å². The molecule has 0 bridgehead atoms. The predicted molar refractivity (Wildman–Crippen MR) is 42.7 cm³/mol. The molecule has 0 N–H and O–H groups in total. The second kappa shape index (κ2) is 2.86. The highest BCUT2D eigenvalue weighted by Crippen LogP contribution is 2.10. The van der Waals surface area contributed by atoms with E-state index in [-0.39, 0.29) is 0 Å². The summed E-state index contributed by atoms with van der Waals surface area (Å²) in [5.74, 6) is 0. The first kappa shape index (κ1) is 7.98. The molecule has 3 heteroatoms. The van der Waals surface area contributed by atoms with Gasteiger partial charge in [-0.15, -0.1) is 0 Å². The molecule has 0 saturated carbocycles. The summed E-state index contributed by atoms with van der Waals surface area (Å²) in [5, 5.41) is 0. The third-order valence-corrected chi connectivity index (χ3v) is 2.06. The van der Waals surface area contributed by atoms with E-state index in [0.717, 1.165) is 0 Å². The van der Waals surface area contributed by atoms with Gasteiger partial charge >= 0.3 is 0 Å². The lowest BCUT2D eigenvalue weighted by atomic mass is 10.6. The highest BCUT2D eigenvalue weighted by atomic mass is 15.5. The predicted octanol–water partition coefficient (Wildman–Crippen LogP) is -0.291.